The number of hydrogen-bond donors (Lipinski definition) is 0. The van der Waals surface area contributed by atoms with Gasteiger partial charge in [-0.25, -0.2) is 0 Å². The third-order valence-electron chi connectivity index (χ3n) is 2.58. The standard InChI is InChI=1S/C14H20O3S/c1-4-7-13(14(15)17-5-2)18(16)12-9-6-8-11(3)10-12/h6,8-10,13H,4-5,7H2,1-3H3. The number of carbonyl (C=O) groups is 1. The Balaban J connectivity index is 2.92. The summed E-state index contributed by atoms with van der Waals surface area (Å²) in [4.78, 5) is 12.5. The van der Waals surface area contributed by atoms with Gasteiger partial charge in [-0.15, -0.1) is 0 Å². The molecule has 0 saturated heterocycles. The van der Waals surface area contributed by atoms with Crippen LogP contribution in [0.3, 0.4) is 0 Å². The Morgan fingerprint density at radius 2 is 2.11 bits per heavy atom. The SMILES string of the molecule is CCCC(C(=O)OCC)S(=O)c1cccc(C)c1. The average molecular weight is 268 g/mol. The molecule has 18 heavy (non-hydrogen) atoms. The Morgan fingerprint density at radius 3 is 2.67 bits per heavy atom. The minimum Gasteiger partial charge on any atom is -0.465 e. The highest BCUT2D eigenvalue weighted by molar-refractivity contribution is 7.86. The number of aryl methyl sites for hydroxylation is 1. The van der Waals surface area contributed by atoms with Gasteiger partial charge in [-0.1, -0.05) is 25.5 Å². The molecule has 100 valence electrons. The van der Waals surface area contributed by atoms with E-state index in [0.717, 1.165) is 12.0 Å². The lowest BCUT2D eigenvalue weighted by molar-refractivity contribution is -0.142. The fourth-order valence-electron chi connectivity index (χ4n) is 1.71. The van der Waals surface area contributed by atoms with Crippen LogP contribution in [0.4, 0.5) is 0 Å². The summed E-state index contributed by atoms with van der Waals surface area (Å²) >= 11 is 0. The van der Waals surface area contributed by atoms with Crippen molar-refractivity contribution < 1.29 is 13.7 Å². The number of ether oxygens (including phenoxy) is 1. The maximum Gasteiger partial charge on any atom is 0.322 e. The highest BCUT2D eigenvalue weighted by Crippen LogP contribution is 2.17. The zero-order chi connectivity index (χ0) is 13.5. The minimum absolute atomic E-state index is 0.323. The molecule has 0 spiro atoms. The van der Waals surface area contributed by atoms with Crippen LogP contribution in [-0.2, 0) is 20.3 Å². The highest BCUT2D eigenvalue weighted by atomic mass is 32.2. The zero-order valence-electron chi connectivity index (χ0n) is 11.1. The van der Waals surface area contributed by atoms with Gasteiger partial charge in [-0.2, -0.15) is 0 Å². The molecule has 0 bridgehead atoms. The molecule has 0 aliphatic rings. The molecule has 0 amide bonds. The molecule has 1 aromatic carbocycles. The molecule has 0 radical (unpaired) electrons. The lowest BCUT2D eigenvalue weighted by atomic mass is 10.2. The quantitative estimate of drug-likeness (QED) is 0.745. The van der Waals surface area contributed by atoms with Crippen molar-refractivity contribution >= 4 is 16.8 Å². The van der Waals surface area contributed by atoms with Crippen LogP contribution in [0.1, 0.15) is 32.3 Å². The van der Waals surface area contributed by atoms with E-state index in [1.165, 1.54) is 0 Å². The first kappa shape index (κ1) is 14.9. The largest absolute Gasteiger partial charge is 0.465 e. The number of hydrogen-bond acceptors (Lipinski definition) is 3. The molecule has 0 heterocycles. The summed E-state index contributed by atoms with van der Waals surface area (Å²) in [6, 6.07) is 7.46. The Morgan fingerprint density at radius 1 is 1.39 bits per heavy atom. The van der Waals surface area contributed by atoms with Crippen molar-refractivity contribution in [3.63, 3.8) is 0 Å². The Kier molecular flexibility index (Phi) is 6.05. The molecule has 2 atom stereocenters. The van der Waals surface area contributed by atoms with E-state index < -0.39 is 16.0 Å². The molecule has 1 aromatic rings. The van der Waals surface area contributed by atoms with Gasteiger partial charge in [0.15, 0.2) is 0 Å². The van der Waals surface area contributed by atoms with Gasteiger partial charge in [0.1, 0.15) is 5.25 Å². The molecule has 0 saturated carbocycles. The molecule has 4 heteroatoms. The van der Waals surface area contributed by atoms with E-state index in [0.29, 0.717) is 17.9 Å². The van der Waals surface area contributed by atoms with E-state index in [9.17, 15) is 9.00 Å². The first-order valence-electron chi connectivity index (χ1n) is 6.24. The topological polar surface area (TPSA) is 43.4 Å². The minimum atomic E-state index is -1.34. The molecule has 0 aliphatic heterocycles. The van der Waals surface area contributed by atoms with Crippen LogP contribution >= 0.6 is 0 Å². The highest BCUT2D eigenvalue weighted by Gasteiger charge is 2.26. The maximum atomic E-state index is 12.4. The second-order valence-electron chi connectivity index (χ2n) is 4.14. The Hall–Kier alpha value is -1.16. The monoisotopic (exact) mass is 268 g/mol. The first-order valence-corrected chi connectivity index (χ1v) is 7.45. The Bertz CT molecular complexity index is 429. The lowest BCUT2D eigenvalue weighted by Crippen LogP contribution is -2.28. The van der Waals surface area contributed by atoms with Crippen molar-refractivity contribution in [2.45, 2.75) is 43.8 Å². The Labute approximate surface area is 111 Å². The molecule has 0 aliphatic carbocycles. The predicted molar refractivity (Wildman–Crippen MR) is 72.9 cm³/mol. The van der Waals surface area contributed by atoms with Gasteiger partial charge < -0.3 is 4.74 Å². The second-order valence-corrected chi connectivity index (χ2v) is 5.78. The van der Waals surface area contributed by atoms with Crippen LogP contribution < -0.4 is 0 Å². The maximum absolute atomic E-state index is 12.4. The second kappa shape index (κ2) is 7.31. The summed E-state index contributed by atoms with van der Waals surface area (Å²) in [5.74, 6) is -0.362. The van der Waals surface area contributed by atoms with Crippen LogP contribution in [0.5, 0.6) is 0 Å². The predicted octanol–water partition coefficient (Wildman–Crippen LogP) is 2.83. The van der Waals surface area contributed by atoms with Crippen LogP contribution in [0.2, 0.25) is 0 Å². The first-order chi connectivity index (χ1) is 8.60. The summed E-state index contributed by atoms with van der Waals surface area (Å²) in [6.45, 7) is 6.00. The van der Waals surface area contributed by atoms with Gasteiger partial charge in [-0.05, 0) is 38.0 Å². The van der Waals surface area contributed by atoms with Gasteiger partial charge in [0.25, 0.3) is 0 Å². The summed E-state index contributed by atoms with van der Waals surface area (Å²) < 4.78 is 17.4. The van der Waals surface area contributed by atoms with Crippen molar-refractivity contribution in [2.24, 2.45) is 0 Å². The van der Waals surface area contributed by atoms with Crippen molar-refractivity contribution in [3.05, 3.63) is 29.8 Å². The fraction of sp³-hybridized carbons (Fsp3) is 0.500. The molecular formula is C14H20O3S. The van der Waals surface area contributed by atoms with E-state index in [-0.39, 0.29) is 5.97 Å². The summed E-state index contributed by atoms with van der Waals surface area (Å²) in [5.41, 5.74) is 1.04. The smallest absolute Gasteiger partial charge is 0.322 e. The summed E-state index contributed by atoms with van der Waals surface area (Å²) in [7, 11) is -1.34. The van der Waals surface area contributed by atoms with E-state index in [4.69, 9.17) is 4.74 Å². The van der Waals surface area contributed by atoms with Gasteiger partial charge in [0.05, 0.1) is 17.4 Å². The molecule has 2 unspecified atom stereocenters. The van der Waals surface area contributed by atoms with E-state index >= 15 is 0 Å². The summed E-state index contributed by atoms with van der Waals surface area (Å²) in [6.07, 6.45) is 1.39. The van der Waals surface area contributed by atoms with Crippen LogP contribution in [0, 0.1) is 6.92 Å². The van der Waals surface area contributed by atoms with Crippen molar-refractivity contribution in [1.82, 2.24) is 0 Å². The third-order valence-corrected chi connectivity index (χ3v) is 4.24. The lowest BCUT2D eigenvalue weighted by Gasteiger charge is -2.14. The van der Waals surface area contributed by atoms with Crippen molar-refractivity contribution in [3.8, 4) is 0 Å². The van der Waals surface area contributed by atoms with Gasteiger partial charge in [0.2, 0.25) is 0 Å². The van der Waals surface area contributed by atoms with Gasteiger partial charge >= 0.3 is 5.97 Å². The van der Waals surface area contributed by atoms with Crippen molar-refractivity contribution in [2.75, 3.05) is 6.61 Å². The molecule has 0 N–H and O–H groups in total. The third kappa shape index (κ3) is 3.95. The van der Waals surface area contributed by atoms with Crippen LogP contribution in [-0.4, -0.2) is 22.0 Å². The van der Waals surface area contributed by atoms with Gasteiger partial charge in [-0.3, -0.25) is 9.00 Å². The van der Waals surface area contributed by atoms with E-state index in [1.54, 1.807) is 13.0 Å². The summed E-state index contributed by atoms with van der Waals surface area (Å²) in [5, 5.41) is -0.559. The molecule has 0 fully saturated rings. The normalized spacial score (nSPS) is 13.9. The van der Waals surface area contributed by atoms with Gasteiger partial charge in [0, 0.05) is 4.90 Å². The number of esters is 1. The number of benzene rings is 1. The molecule has 0 aromatic heterocycles. The van der Waals surface area contributed by atoms with Crippen LogP contribution in [0.15, 0.2) is 29.2 Å². The van der Waals surface area contributed by atoms with E-state index in [1.807, 2.05) is 32.0 Å². The number of carbonyl (C=O) groups excluding carboxylic acids is 1. The number of rotatable bonds is 6. The zero-order valence-corrected chi connectivity index (χ0v) is 12.0. The molecule has 1 rings (SSSR count). The van der Waals surface area contributed by atoms with Crippen LogP contribution in [0.25, 0.3) is 0 Å². The molecule has 3 nitrogen and oxygen atoms in total. The molecular weight excluding hydrogens is 248 g/mol. The van der Waals surface area contributed by atoms with Crippen molar-refractivity contribution in [1.29, 1.82) is 0 Å². The van der Waals surface area contributed by atoms with E-state index in [2.05, 4.69) is 0 Å². The average Bonchev–Trinajstić information content (AvgIpc) is 2.35. The fourth-order valence-corrected chi connectivity index (χ4v) is 3.25.